The highest BCUT2D eigenvalue weighted by atomic mass is 16.5. The number of nitrogens with one attached hydrogen (secondary N) is 1. The third-order valence-corrected chi connectivity index (χ3v) is 4.38. The lowest BCUT2D eigenvalue weighted by Crippen LogP contribution is -2.49. The van der Waals surface area contributed by atoms with Crippen LogP contribution in [0.5, 0.6) is 5.75 Å². The number of rotatable bonds is 2. The molecule has 2 unspecified atom stereocenters. The van der Waals surface area contributed by atoms with Crippen LogP contribution in [0.3, 0.4) is 0 Å². The van der Waals surface area contributed by atoms with Crippen molar-refractivity contribution >= 4 is 17.5 Å². The predicted molar refractivity (Wildman–Crippen MR) is 82.8 cm³/mol. The Morgan fingerprint density at radius 3 is 3.09 bits per heavy atom. The highest BCUT2D eigenvalue weighted by Crippen LogP contribution is 2.33. The van der Waals surface area contributed by atoms with Crippen molar-refractivity contribution < 1.29 is 14.3 Å². The molecule has 0 bridgehead atoms. The number of carbonyl (C=O) groups excluding carboxylic acids is 2. The Morgan fingerprint density at radius 2 is 2.32 bits per heavy atom. The van der Waals surface area contributed by atoms with Crippen molar-refractivity contribution in [1.29, 1.82) is 0 Å². The zero-order valence-electron chi connectivity index (χ0n) is 12.7. The van der Waals surface area contributed by atoms with Gasteiger partial charge in [0.2, 0.25) is 0 Å². The number of carbonyl (C=O) groups is 2. The van der Waals surface area contributed by atoms with Crippen LogP contribution in [0.2, 0.25) is 0 Å². The number of para-hydroxylation sites is 1. The smallest absolute Gasteiger partial charge is 0.262 e. The van der Waals surface area contributed by atoms with Gasteiger partial charge in [-0.3, -0.25) is 9.59 Å². The molecule has 1 aromatic carbocycles. The van der Waals surface area contributed by atoms with Crippen LogP contribution < -0.4 is 15.8 Å². The molecule has 6 nitrogen and oxygen atoms in total. The van der Waals surface area contributed by atoms with Gasteiger partial charge in [-0.05, 0) is 30.9 Å². The molecule has 0 aromatic heterocycles. The third-order valence-electron chi connectivity index (χ3n) is 4.38. The summed E-state index contributed by atoms with van der Waals surface area (Å²) in [6.45, 7) is 3.29. The molecule has 1 fully saturated rings. The summed E-state index contributed by atoms with van der Waals surface area (Å²) in [7, 11) is 0. The van der Waals surface area contributed by atoms with E-state index in [2.05, 4.69) is 12.2 Å². The van der Waals surface area contributed by atoms with Gasteiger partial charge in [-0.1, -0.05) is 13.0 Å². The van der Waals surface area contributed by atoms with Gasteiger partial charge >= 0.3 is 0 Å². The Morgan fingerprint density at radius 1 is 1.50 bits per heavy atom. The van der Waals surface area contributed by atoms with Crippen LogP contribution in [0.1, 0.15) is 30.1 Å². The van der Waals surface area contributed by atoms with E-state index in [0.717, 1.165) is 12.8 Å². The highest BCUT2D eigenvalue weighted by Gasteiger charge is 2.32. The molecule has 0 saturated carbocycles. The Hall–Kier alpha value is -2.08. The Balaban J connectivity index is 1.89. The molecule has 118 valence electrons. The van der Waals surface area contributed by atoms with Gasteiger partial charge in [-0.15, -0.1) is 0 Å². The van der Waals surface area contributed by atoms with Gasteiger partial charge in [0.25, 0.3) is 11.8 Å². The average molecular weight is 303 g/mol. The maximum absolute atomic E-state index is 12.9. The van der Waals surface area contributed by atoms with Crippen molar-refractivity contribution in [3.05, 3.63) is 23.8 Å². The molecule has 1 saturated heterocycles. The maximum atomic E-state index is 12.9. The van der Waals surface area contributed by atoms with Crippen LogP contribution in [0.15, 0.2) is 18.2 Å². The van der Waals surface area contributed by atoms with E-state index < -0.39 is 0 Å². The quantitative estimate of drug-likeness (QED) is 0.860. The van der Waals surface area contributed by atoms with Crippen LogP contribution >= 0.6 is 0 Å². The fourth-order valence-corrected chi connectivity index (χ4v) is 3.18. The SMILES string of the molecule is CC1CCN(C(=O)c2cccc3c2OCC(=O)N3)C(CN)C1. The fraction of sp³-hybridized carbons (Fsp3) is 0.500. The standard InChI is InChI=1S/C16H21N3O3/c1-10-5-6-19(11(7-10)8-17)16(21)12-3-2-4-13-15(12)22-9-14(20)18-13/h2-4,10-11H,5-9,17H2,1H3,(H,18,20). The summed E-state index contributed by atoms with van der Waals surface area (Å²) in [6.07, 6.45) is 1.91. The normalized spacial score (nSPS) is 24.3. The number of fused-ring (bicyclic) bond motifs is 1. The van der Waals surface area contributed by atoms with Crippen LogP contribution in [0.4, 0.5) is 5.69 Å². The monoisotopic (exact) mass is 303 g/mol. The van der Waals surface area contributed by atoms with Gasteiger partial charge in [-0.25, -0.2) is 0 Å². The van der Waals surface area contributed by atoms with E-state index in [0.29, 0.717) is 36.0 Å². The second-order valence-corrected chi connectivity index (χ2v) is 6.04. The minimum atomic E-state index is -0.205. The lowest BCUT2D eigenvalue weighted by Gasteiger charge is -2.38. The number of amides is 2. The zero-order valence-corrected chi connectivity index (χ0v) is 12.7. The second kappa shape index (κ2) is 5.96. The number of anilines is 1. The molecule has 2 heterocycles. The van der Waals surface area contributed by atoms with E-state index in [4.69, 9.17) is 10.5 Å². The molecule has 2 aliphatic rings. The summed E-state index contributed by atoms with van der Waals surface area (Å²) < 4.78 is 5.48. The highest BCUT2D eigenvalue weighted by molar-refractivity contribution is 6.03. The number of ether oxygens (including phenoxy) is 1. The molecular weight excluding hydrogens is 282 g/mol. The van der Waals surface area contributed by atoms with E-state index in [-0.39, 0.29) is 24.5 Å². The van der Waals surface area contributed by atoms with Gasteiger partial charge in [-0.2, -0.15) is 0 Å². The third kappa shape index (κ3) is 2.66. The number of benzene rings is 1. The molecular formula is C16H21N3O3. The van der Waals surface area contributed by atoms with Crippen LogP contribution in [0, 0.1) is 5.92 Å². The number of nitrogens with two attached hydrogens (primary N) is 1. The maximum Gasteiger partial charge on any atom is 0.262 e. The molecule has 3 N–H and O–H groups in total. The lowest BCUT2D eigenvalue weighted by molar-refractivity contribution is -0.118. The lowest BCUT2D eigenvalue weighted by atomic mass is 9.91. The van der Waals surface area contributed by atoms with Gasteiger partial charge in [0.1, 0.15) is 0 Å². The van der Waals surface area contributed by atoms with Gasteiger partial charge < -0.3 is 20.7 Å². The first-order chi connectivity index (χ1) is 10.6. The first-order valence-electron chi connectivity index (χ1n) is 7.67. The molecule has 0 radical (unpaired) electrons. The molecule has 2 amide bonds. The molecule has 2 aliphatic heterocycles. The summed E-state index contributed by atoms with van der Waals surface area (Å²) >= 11 is 0. The number of piperidine rings is 1. The fourth-order valence-electron chi connectivity index (χ4n) is 3.18. The largest absolute Gasteiger partial charge is 0.481 e. The number of nitrogens with zero attached hydrogens (tertiary/aromatic N) is 1. The Kier molecular flexibility index (Phi) is 4.02. The summed E-state index contributed by atoms with van der Waals surface area (Å²) in [5.41, 5.74) is 6.89. The van der Waals surface area contributed by atoms with E-state index in [1.807, 2.05) is 4.90 Å². The molecule has 6 heteroatoms. The molecule has 0 spiro atoms. The minimum absolute atomic E-state index is 0.0605. The first kappa shape index (κ1) is 14.8. The van der Waals surface area contributed by atoms with E-state index in [1.54, 1.807) is 18.2 Å². The van der Waals surface area contributed by atoms with E-state index >= 15 is 0 Å². The van der Waals surface area contributed by atoms with Crippen molar-refractivity contribution in [3.63, 3.8) is 0 Å². The number of hydrogen-bond acceptors (Lipinski definition) is 4. The zero-order chi connectivity index (χ0) is 15.7. The van der Waals surface area contributed by atoms with Gasteiger partial charge in [0, 0.05) is 19.1 Å². The number of likely N-dealkylation sites (tertiary alicyclic amines) is 1. The van der Waals surface area contributed by atoms with Crippen molar-refractivity contribution in [2.45, 2.75) is 25.8 Å². The first-order valence-corrected chi connectivity index (χ1v) is 7.67. The van der Waals surface area contributed by atoms with Crippen molar-refractivity contribution in [2.75, 3.05) is 25.0 Å². The molecule has 2 atom stereocenters. The molecule has 1 aromatic rings. The minimum Gasteiger partial charge on any atom is -0.481 e. The van der Waals surface area contributed by atoms with Crippen molar-refractivity contribution in [2.24, 2.45) is 11.7 Å². The second-order valence-electron chi connectivity index (χ2n) is 6.04. The van der Waals surface area contributed by atoms with Crippen molar-refractivity contribution in [3.8, 4) is 5.75 Å². The summed E-state index contributed by atoms with van der Waals surface area (Å²) in [6, 6.07) is 5.29. The van der Waals surface area contributed by atoms with E-state index in [1.165, 1.54) is 0 Å². The number of hydrogen-bond donors (Lipinski definition) is 2. The molecule has 3 rings (SSSR count). The Labute approximate surface area is 129 Å². The summed E-state index contributed by atoms with van der Waals surface area (Å²) in [4.78, 5) is 26.1. The molecule has 22 heavy (non-hydrogen) atoms. The Bertz CT molecular complexity index is 602. The molecule has 0 aliphatic carbocycles. The summed E-state index contributed by atoms with van der Waals surface area (Å²) in [5, 5.41) is 2.73. The van der Waals surface area contributed by atoms with Crippen LogP contribution in [-0.2, 0) is 4.79 Å². The topological polar surface area (TPSA) is 84.7 Å². The average Bonchev–Trinajstić information content (AvgIpc) is 2.53. The van der Waals surface area contributed by atoms with Gasteiger partial charge in [0.05, 0.1) is 11.3 Å². The van der Waals surface area contributed by atoms with E-state index in [9.17, 15) is 9.59 Å². The summed E-state index contributed by atoms with van der Waals surface area (Å²) in [5.74, 6) is 0.762. The van der Waals surface area contributed by atoms with Crippen LogP contribution in [0.25, 0.3) is 0 Å². The van der Waals surface area contributed by atoms with Crippen LogP contribution in [-0.4, -0.2) is 42.5 Å². The predicted octanol–water partition coefficient (Wildman–Crippen LogP) is 1.22. The van der Waals surface area contributed by atoms with Gasteiger partial charge in [0.15, 0.2) is 12.4 Å². The van der Waals surface area contributed by atoms with Crippen molar-refractivity contribution in [1.82, 2.24) is 4.90 Å².